The zero-order chi connectivity index (χ0) is 14.1. The Hall–Kier alpha value is -2.04. The number of carbonyl (C=O) groups is 1. The summed E-state index contributed by atoms with van der Waals surface area (Å²) in [7, 11) is 0. The van der Waals surface area contributed by atoms with Gasteiger partial charge in [0.25, 0.3) is 5.91 Å². The molecule has 3 rings (SSSR count). The molecule has 0 atom stereocenters. The van der Waals surface area contributed by atoms with Crippen molar-refractivity contribution in [3.63, 3.8) is 0 Å². The summed E-state index contributed by atoms with van der Waals surface area (Å²) in [5, 5.41) is 3.66. The Kier molecular flexibility index (Phi) is 3.34. The lowest BCUT2D eigenvalue weighted by molar-refractivity contribution is 0.102. The third-order valence-electron chi connectivity index (χ3n) is 2.84. The second-order valence-electron chi connectivity index (χ2n) is 4.16. The van der Waals surface area contributed by atoms with Gasteiger partial charge in [-0.3, -0.25) is 4.79 Å². The highest BCUT2D eigenvalue weighted by Crippen LogP contribution is 2.26. The highest BCUT2D eigenvalue weighted by Gasteiger charge is 2.13. The first-order chi connectivity index (χ1) is 9.65. The smallest absolute Gasteiger partial charge is 0.259 e. The predicted molar refractivity (Wildman–Crippen MR) is 79.6 cm³/mol. The van der Waals surface area contributed by atoms with Gasteiger partial charge in [0.15, 0.2) is 0 Å². The molecule has 2 aromatic heterocycles. The molecule has 0 saturated heterocycles. The minimum atomic E-state index is -0.272. The van der Waals surface area contributed by atoms with Crippen LogP contribution in [0.3, 0.4) is 0 Å². The van der Waals surface area contributed by atoms with Crippen LogP contribution in [0.1, 0.15) is 10.4 Å². The molecule has 20 heavy (non-hydrogen) atoms. The van der Waals surface area contributed by atoms with Gasteiger partial charge in [-0.05, 0) is 30.3 Å². The van der Waals surface area contributed by atoms with E-state index in [4.69, 9.17) is 23.2 Å². The fraction of sp³-hybridized carbons (Fsp3) is 0. The summed E-state index contributed by atoms with van der Waals surface area (Å²) in [4.78, 5) is 16.5. The predicted octanol–water partition coefficient (Wildman–Crippen LogP) is 3.89. The van der Waals surface area contributed by atoms with Gasteiger partial charge in [0.2, 0.25) is 0 Å². The van der Waals surface area contributed by atoms with E-state index in [2.05, 4.69) is 10.3 Å². The number of pyridine rings is 1. The average molecular weight is 306 g/mol. The van der Waals surface area contributed by atoms with E-state index in [0.717, 1.165) is 0 Å². The van der Waals surface area contributed by atoms with E-state index in [-0.39, 0.29) is 5.91 Å². The largest absolute Gasteiger partial charge is 0.321 e. The number of imidazole rings is 1. The maximum absolute atomic E-state index is 12.3. The fourth-order valence-corrected chi connectivity index (χ4v) is 2.36. The van der Waals surface area contributed by atoms with Gasteiger partial charge >= 0.3 is 0 Å². The Morgan fingerprint density at radius 1 is 1.20 bits per heavy atom. The molecule has 4 nitrogen and oxygen atoms in total. The Morgan fingerprint density at radius 3 is 2.85 bits per heavy atom. The first kappa shape index (κ1) is 13.0. The molecule has 0 unspecified atom stereocenters. The molecular weight excluding hydrogens is 297 g/mol. The molecule has 0 aliphatic heterocycles. The van der Waals surface area contributed by atoms with E-state index in [1.807, 2.05) is 6.20 Å². The number of nitrogens with one attached hydrogen (secondary N) is 1. The summed E-state index contributed by atoms with van der Waals surface area (Å²) in [6, 6.07) is 8.40. The highest BCUT2D eigenvalue weighted by molar-refractivity contribution is 6.36. The second kappa shape index (κ2) is 5.15. The minimum Gasteiger partial charge on any atom is -0.321 e. The molecule has 0 spiro atoms. The van der Waals surface area contributed by atoms with Crippen molar-refractivity contribution in [1.29, 1.82) is 0 Å². The van der Waals surface area contributed by atoms with Gasteiger partial charge < -0.3 is 9.72 Å². The number of rotatable bonds is 2. The lowest BCUT2D eigenvalue weighted by atomic mass is 10.2. The van der Waals surface area contributed by atoms with Gasteiger partial charge in [-0.2, -0.15) is 0 Å². The van der Waals surface area contributed by atoms with Crippen molar-refractivity contribution in [1.82, 2.24) is 9.38 Å². The van der Waals surface area contributed by atoms with Crippen LogP contribution in [-0.4, -0.2) is 15.3 Å². The Labute approximate surface area is 125 Å². The first-order valence-corrected chi connectivity index (χ1v) is 6.59. The van der Waals surface area contributed by atoms with Gasteiger partial charge in [0.1, 0.15) is 5.65 Å². The molecular formula is C14H9Cl2N3O. The molecule has 2 heterocycles. The number of benzene rings is 1. The van der Waals surface area contributed by atoms with E-state index in [9.17, 15) is 4.79 Å². The molecule has 0 saturated carbocycles. The van der Waals surface area contributed by atoms with Gasteiger partial charge in [0, 0.05) is 23.6 Å². The van der Waals surface area contributed by atoms with Crippen LogP contribution in [-0.2, 0) is 0 Å². The standard InChI is InChI=1S/C14H9Cl2N3O/c15-9-3-4-12(11(16)8-9)18-14(20)10-2-1-6-19-7-5-17-13(10)19/h1-8H,(H,18,20). The summed E-state index contributed by atoms with van der Waals surface area (Å²) < 4.78 is 1.78. The van der Waals surface area contributed by atoms with Crippen molar-refractivity contribution in [2.45, 2.75) is 0 Å². The van der Waals surface area contributed by atoms with Crippen molar-refractivity contribution in [3.05, 3.63) is 64.5 Å². The van der Waals surface area contributed by atoms with E-state index >= 15 is 0 Å². The molecule has 1 aromatic carbocycles. The fourth-order valence-electron chi connectivity index (χ4n) is 1.91. The average Bonchev–Trinajstić information content (AvgIpc) is 2.90. The van der Waals surface area contributed by atoms with Gasteiger partial charge in [0.05, 0.1) is 16.3 Å². The maximum Gasteiger partial charge on any atom is 0.259 e. The molecule has 100 valence electrons. The van der Waals surface area contributed by atoms with E-state index in [1.165, 1.54) is 0 Å². The topological polar surface area (TPSA) is 46.4 Å². The number of aromatic nitrogens is 2. The van der Waals surface area contributed by atoms with Crippen molar-refractivity contribution in [3.8, 4) is 0 Å². The van der Waals surface area contributed by atoms with E-state index < -0.39 is 0 Å². The summed E-state index contributed by atoms with van der Waals surface area (Å²) in [6.07, 6.45) is 5.25. The molecule has 1 N–H and O–H groups in total. The third kappa shape index (κ3) is 2.35. The normalized spacial score (nSPS) is 10.7. The number of nitrogens with zero attached hydrogens (tertiary/aromatic N) is 2. The number of hydrogen-bond donors (Lipinski definition) is 1. The maximum atomic E-state index is 12.3. The van der Waals surface area contributed by atoms with Crippen LogP contribution in [0.25, 0.3) is 5.65 Å². The SMILES string of the molecule is O=C(Nc1ccc(Cl)cc1Cl)c1cccn2ccnc12. The summed E-state index contributed by atoms with van der Waals surface area (Å²) >= 11 is 11.9. The van der Waals surface area contributed by atoms with Crippen molar-refractivity contribution in [2.75, 3.05) is 5.32 Å². The van der Waals surface area contributed by atoms with E-state index in [1.54, 1.807) is 47.1 Å². The van der Waals surface area contributed by atoms with Crippen molar-refractivity contribution >= 4 is 40.4 Å². The molecule has 0 radical (unpaired) electrons. The van der Waals surface area contributed by atoms with Crippen LogP contribution < -0.4 is 5.32 Å². The van der Waals surface area contributed by atoms with Crippen LogP contribution in [0.15, 0.2) is 48.9 Å². The summed E-state index contributed by atoms with van der Waals surface area (Å²) in [5.74, 6) is -0.272. The third-order valence-corrected chi connectivity index (χ3v) is 3.39. The minimum absolute atomic E-state index is 0.272. The Bertz CT molecular complexity index is 798. The molecule has 6 heteroatoms. The van der Waals surface area contributed by atoms with E-state index in [0.29, 0.717) is 26.9 Å². The summed E-state index contributed by atoms with van der Waals surface area (Å²) in [5.41, 5.74) is 1.58. The molecule has 0 bridgehead atoms. The number of amides is 1. The van der Waals surface area contributed by atoms with Crippen LogP contribution in [0, 0.1) is 0 Å². The highest BCUT2D eigenvalue weighted by atomic mass is 35.5. The van der Waals surface area contributed by atoms with Gasteiger partial charge in [-0.1, -0.05) is 23.2 Å². The van der Waals surface area contributed by atoms with Gasteiger partial charge in [-0.15, -0.1) is 0 Å². The Morgan fingerprint density at radius 2 is 2.05 bits per heavy atom. The quantitative estimate of drug-likeness (QED) is 0.780. The first-order valence-electron chi connectivity index (χ1n) is 5.83. The summed E-state index contributed by atoms with van der Waals surface area (Å²) in [6.45, 7) is 0. The number of carbonyl (C=O) groups excluding carboxylic acids is 1. The van der Waals surface area contributed by atoms with Crippen molar-refractivity contribution < 1.29 is 4.79 Å². The zero-order valence-corrected chi connectivity index (χ0v) is 11.7. The number of anilines is 1. The zero-order valence-electron chi connectivity index (χ0n) is 10.2. The van der Waals surface area contributed by atoms with Crippen LogP contribution in [0.5, 0.6) is 0 Å². The Balaban J connectivity index is 1.95. The lowest BCUT2D eigenvalue weighted by Crippen LogP contribution is -2.13. The molecule has 1 amide bonds. The monoisotopic (exact) mass is 305 g/mol. The molecule has 3 aromatic rings. The van der Waals surface area contributed by atoms with Crippen LogP contribution in [0.2, 0.25) is 10.0 Å². The molecule has 0 fully saturated rings. The molecule has 0 aliphatic carbocycles. The second-order valence-corrected chi connectivity index (χ2v) is 5.00. The number of halogens is 2. The van der Waals surface area contributed by atoms with Gasteiger partial charge in [-0.25, -0.2) is 4.98 Å². The van der Waals surface area contributed by atoms with Crippen molar-refractivity contribution in [2.24, 2.45) is 0 Å². The molecule has 0 aliphatic rings. The number of hydrogen-bond acceptors (Lipinski definition) is 2. The van der Waals surface area contributed by atoms with Crippen LogP contribution >= 0.6 is 23.2 Å². The van der Waals surface area contributed by atoms with Crippen LogP contribution in [0.4, 0.5) is 5.69 Å². The lowest BCUT2D eigenvalue weighted by Gasteiger charge is -2.08. The number of fused-ring (bicyclic) bond motifs is 1.